The number of rotatable bonds is 7. The van der Waals surface area contributed by atoms with E-state index in [9.17, 15) is 4.79 Å². The van der Waals surface area contributed by atoms with E-state index in [0.717, 1.165) is 0 Å². The third kappa shape index (κ3) is 7.12. The molecule has 0 aliphatic rings. The van der Waals surface area contributed by atoms with Crippen LogP contribution in [-0.4, -0.2) is 29.5 Å². The Morgan fingerprint density at radius 1 is 1.33 bits per heavy atom. The number of hydrogen-bond acceptors (Lipinski definition) is 5. The van der Waals surface area contributed by atoms with Crippen LogP contribution in [0.25, 0.3) is 0 Å². The van der Waals surface area contributed by atoms with Crippen molar-refractivity contribution < 1.29 is 9.53 Å². The second kappa shape index (κ2) is 8.66. The number of ether oxygens (including phenoxy) is 1. The van der Waals surface area contributed by atoms with Gasteiger partial charge in [0.25, 0.3) is 0 Å². The highest BCUT2D eigenvalue weighted by atomic mass is 35.5. The summed E-state index contributed by atoms with van der Waals surface area (Å²) in [4.78, 5) is 19.3. The summed E-state index contributed by atoms with van der Waals surface area (Å²) in [6.45, 7) is 0.446. The molecule has 0 amide bonds. The molecule has 0 saturated heterocycles. The van der Waals surface area contributed by atoms with E-state index >= 15 is 0 Å². The summed E-state index contributed by atoms with van der Waals surface area (Å²) < 4.78 is 5.08. The Hall–Kier alpha value is -1.57. The van der Waals surface area contributed by atoms with Gasteiger partial charge in [-0.05, 0) is 30.5 Å². The maximum atomic E-state index is 11.7. The average molecular weight is 334 g/mol. The summed E-state index contributed by atoms with van der Waals surface area (Å²) in [6.07, 6.45) is 1.01. The third-order valence-electron chi connectivity index (χ3n) is 2.47. The molecule has 0 aromatic carbocycles. The number of aromatic nitrogens is 1. The number of guanidine groups is 1. The van der Waals surface area contributed by atoms with Crippen molar-refractivity contribution in [2.75, 3.05) is 6.54 Å². The van der Waals surface area contributed by atoms with Crippen LogP contribution in [-0.2, 0) is 16.1 Å². The lowest BCUT2D eigenvalue weighted by Gasteiger charge is -2.11. The first kappa shape index (κ1) is 17.5. The summed E-state index contributed by atoms with van der Waals surface area (Å²) in [6, 6.07) is 2.39. The number of carbonyl (C=O) groups excluding carboxylic acids is 1. The molecule has 7 nitrogen and oxygen atoms in total. The second-order valence-electron chi connectivity index (χ2n) is 4.28. The Morgan fingerprint density at radius 2 is 1.95 bits per heavy atom. The Labute approximate surface area is 132 Å². The van der Waals surface area contributed by atoms with Crippen molar-refractivity contribution in [2.24, 2.45) is 22.2 Å². The lowest BCUT2D eigenvalue weighted by atomic mass is 10.2. The Morgan fingerprint density at radius 3 is 2.52 bits per heavy atom. The van der Waals surface area contributed by atoms with Gasteiger partial charge in [0.1, 0.15) is 23.0 Å². The van der Waals surface area contributed by atoms with Crippen LogP contribution in [0.2, 0.25) is 10.3 Å². The predicted octanol–water partition coefficient (Wildman–Crippen LogP) is 0.813. The molecule has 0 radical (unpaired) electrons. The Kier molecular flexibility index (Phi) is 7.21. The van der Waals surface area contributed by atoms with Crippen molar-refractivity contribution in [2.45, 2.75) is 25.5 Å². The molecule has 0 aliphatic heterocycles. The lowest BCUT2D eigenvalue weighted by Crippen LogP contribution is -2.32. The summed E-state index contributed by atoms with van der Waals surface area (Å²) in [5.41, 5.74) is 16.7. The van der Waals surface area contributed by atoms with Gasteiger partial charge in [-0.2, -0.15) is 0 Å². The van der Waals surface area contributed by atoms with Gasteiger partial charge in [-0.25, -0.2) is 4.98 Å². The Bertz CT molecular complexity index is 500. The fraction of sp³-hybridized carbons (Fsp3) is 0.417. The highest BCUT2D eigenvalue weighted by Crippen LogP contribution is 2.15. The van der Waals surface area contributed by atoms with Crippen LogP contribution < -0.4 is 17.2 Å². The van der Waals surface area contributed by atoms with Gasteiger partial charge in [0.2, 0.25) is 0 Å². The highest BCUT2D eigenvalue weighted by Gasteiger charge is 2.15. The van der Waals surface area contributed by atoms with Crippen molar-refractivity contribution in [3.63, 3.8) is 0 Å². The molecule has 9 heteroatoms. The molecular weight excluding hydrogens is 317 g/mol. The number of carbonyl (C=O) groups is 1. The minimum atomic E-state index is -0.730. The molecule has 21 heavy (non-hydrogen) atoms. The lowest BCUT2D eigenvalue weighted by molar-refractivity contribution is -0.146. The molecule has 0 bridgehead atoms. The number of nitrogens with two attached hydrogens (primary N) is 3. The van der Waals surface area contributed by atoms with Crippen molar-refractivity contribution in [1.29, 1.82) is 0 Å². The largest absolute Gasteiger partial charge is 0.460 e. The van der Waals surface area contributed by atoms with Crippen LogP contribution >= 0.6 is 23.2 Å². The quantitative estimate of drug-likeness (QED) is 0.222. The van der Waals surface area contributed by atoms with E-state index in [2.05, 4.69) is 9.98 Å². The van der Waals surface area contributed by atoms with E-state index in [-0.39, 0.29) is 22.9 Å². The molecule has 0 aliphatic carbocycles. The maximum Gasteiger partial charge on any atom is 0.323 e. The van der Waals surface area contributed by atoms with Crippen LogP contribution in [0, 0.1) is 0 Å². The van der Waals surface area contributed by atoms with Crippen molar-refractivity contribution in [3.8, 4) is 0 Å². The van der Waals surface area contributed by atoms with Crippen molar-refractivity contribution in [1.82, 2.24) is 4.98 Å². The molecule has 6 N–H and O–H groups in total. The number of hydrogen-bond donors (Lipinski definition) is 3. The SMILES string of the molecule is NC(N)=NCCC[C@H](N)C(=O)OCc1cc(Cl)nc(Cl)c1. The van der Waals surface area contributed by atoms with Gasteiger partial charge in [-0.3, -0.25) is 9.79 Å². The van der Waals surface area contributed by atoms with E-state index in [4.69, 9.17) is 45.1 Å². The molecule has 1 aromatic heterocycles. The molecule has 0 unspecified atom stereocenters. The zero-order valence-electron chi connectivity index (χ0n) is 11.3. The minimum Gasteiger partial charge on any atom is -0.460 e. The monoisotopic (exact) mass is 333 g/mol. The molecule has 116 valence electrons. The zero-order valence-corrected chi connectivity index (χ0v) is 12.8. The topological polar surface area (TPSA) is 130 Å². The number of esters is 1. The highest BCUT2D eigenvalue weighted by molar-refractivity contribution is 6.32. The standard InChI is InChI=1S/C12H17Cl2N5O2/c13-9-4-7(5-10(14)19-9)6-21-11(20)8(15)2-1-3-18-12(16)17/h4-5,8H,1-3,6,15H2,(H4,16,17,18)/t8-/m0/s1. The van der Waals surface area contributed by atoms with Gasteiger partial charge >= 0.3 is 5.97 Å². The smallest absolute Gasteiger partial charge is 0.323 e. The van der Waals surface area contributed by atoms with Gasteiger partial charge in [0, 0.05) is 6.54 Å². The van der Waals surface area contributed by atoms with Gasteiger partial charge in [-0.1, -0.05) is 23.2 Å². The first-order valence-electron chi connectivity index (χ1n) is 6.18. The minimum absolute atomic E-state index is 0.0117. The van der Waals surface area contributed by atoms with E-state index < -0.39 is 12.0 Å². The third-order valence-corrected chi connectivity index (χ3v) is 2.86. The average Bonchev–Trinajstić information content (AvgIpc) is 2.39. The van der Waals surface area contributed by atoms with Crippen LogP contribution in [0.1, 0.15) is 18.4 Å². The fourth-order valence-electron chi connectivity index (χ4n) is 1.50. The zero-order chi connectivity index (χ0) is 15.8. The van der Waals surface area contributed by atoms with Crippen molar-refractivity contribution in [3.05, 3.63) is 28.0 Å². The molecule has 1 rings (SSSR count). The summed E-state index contributed by atoms with van der Waals surface area (Å²) in [7, 11) is 0. The number of halogens is 2. The second-order valence-corrected chi connectivity index (χ2v) is 5.06. The summed E-state index contributed by atoms with van der Waals surface area (Å²) in [5, 5.41) is 0.463. The fourth-order valence-corrected chi connectivity index (χ4v) is 2.00. The first-order valence-corrected chi connectivity index (χ1v) is 6.93. The van der Waals surface area contributed by atoms with E-state index in [0.29, 0.717) is 24.9 Å². The number of pyridine rings is 1. The molecule has 0 spiro atoms. The summed E-state index contributed by atoms with van der Waals surface area (Å²) in [5.74, 6) is -0.499. The molecule has 1 atom stereocenters. The first-order chi connectivity index (χ1) is 9.88. The van der Waals surface area contributed by atoms with Gasteiger partial charge in [0.15, 0.2) is 5.96 Å². The normalized spacial score (nSPS) is 11.8. The van der Waals surface area contributed by atoms with Crippen LogP contribution in [0.4, 0.5) is 0 Å². The van der Waals surface area contributed by atoms with Gasteiger partial charge < -0.3 is 21.9 Å². The van der Waals surface area contributed by atoms with E-state index in [1.807, 2.05) is 0 Å². The number of aliphatic imine (C=N–C) groups is 1. The van der Waals surface area contributed by atoms with E-state index in [1.165, 1.54) is 0 Å². The molecule has 0 fully saturated rings. The molecule has 0 saturated carbocycles. The summed E-state index contributed by atoms with van der Waals surface area (Å²) >= 11 is 11.5. The molecular formula is C12H17Cl2N5O2. The number of nitrogens with zero attached hydrogens (tertiary/aromatic N) is 2. The molecule has 1 aromatic rings. The van der Waals surface area contributed by atoms with E-state index in [1.54, 1.807) is 12.1 Å². The Balaban J connectivity index is 2.37. The van der Waals surface area contributed by atoms with Crippen LogP contribution in [0.5, 0.6) is 0 Å². The van der Waals surface area contributed by atoms with Gasteiger partial charge in [-0.15, -0.1) is 0 Å². The van der Waals surface area contributed by atoms with Crippen LogP contribution in [0.3, 0.4) is 0 Å². The van der Waals surface area contributed by atoms with Crippen LogP contribution in [0.15, 0.2) is 17.1 Å². The molecule has 1 heterocycles. The maximum absolute atomic E-state index is 11.7. The van der Waals surface area contributed by atoms with Crippen molar-refractivity contribution >= 4 is 35.1 Å². The predicted molar refractivity (Wildman–Crippen MR) is 81.9 cm³/mol. The van der Waals surface area contributed by atoms with Gasteiger partial charge in [0.05, 0.1) is 0 Å².